The molecular weight excluding hydrogens is 204 g/mol. The molecule has 16 heavy (non-hydrogen) atoms. The van der Waals surface area contributed by atoms with E-state index in [2.05, 4.69) is 20.5 Å². The van der Waals surface area contributed by atoms with E-state index >= 15 is 0 Å². The Morgan fingerprint density at radius 2 is 1.88 bits per heavy atom. The van der Waals surface area contributed by atoms with E-state index in [1.165, 1.54) is 25.7 Å². The van der Waals surface area contributed by atoms with Gasteiger partial charge in [0, 0.05) is 6.04 Å². The van der Waals surface area contributed by atoms with E-state index in [1.807, 2.05) is 0 Å². The predicted octanol–water partition coefficient (Wildman–Crippen LogP) is 1.61. The fraction of sp³-hybridized carbons (Fsp3) is 0.727. The van der Waals surface area contributed by atoms with Gasteiger partial charge in [0.1, 0.15) is 5.69 Å². The Labute approximate surface area is 94.7 Å². The molecule has 0 radical (unpaired) electrons. The molecule has 1 fully saturated rings. The Morgan fingerprint density at radius 1 is 1.19 bits per heavy atom. The van der Waals surface area contributed by atoms with Crippen LogP contribution in [0.1, 0.15) is 44.2 Å². The number of aromatic amines is 1. The lowest BCUT2D eigenvalue weighted by molar-refractivity contribution is 0.612. The maximum Gasteiger partial charge on any atom is 0.273 e. The minimum Gasteiger partial charge on any atom is -0.352 e. The first-order valence-electron chi connectivity index (χ1n) is 5.96. The van der Waals surface area contributed by atoms with Crippen LogP contribution >= 0.6 is 0 Å². The van der Waals surface area contributed by atoms with E-state index < -0.39 is 0 Å². The molecule has 0 aromatic carbocycles. The van der Waals surface area contributed by atoms with Crippen LogP contribution in [-0.4, -0.2) is 21.2 Å². The summed E-state index contributed by atoms with van der Waals surface area (Å²) < 4.78 is 0. The second-order valence-electron chi connectivity index (χ2n) is 4.42. The van der Waals surface area contributed by atoms with Gasteiger partial charge in [-0.05, 0) is 19.8 Å². The lowest BCUT2D eigenvalue weighted by atomic mass is 10.1. The van der Waals surface area contributed by atoms with Gasteiger partial charge in [0.25, 0.3) is 5.56 Å². The standard InChI is InChI=1S/C11H18N4O/c1-8-10(16)13-11(15-14-8)12-9-6-4-2-3-5-7-9/h9H,2-7H2,1H3,(H2,12,13,15,16). The van der Waals surface area contributed by atoms with E-state index in [0.717, 1.165) is 12.8 Å². The van der Waals surface area contributed by atoms with Crippen LogP contribution in [0.5, 0.6) is 0 Å². The summed E-state index contributed by atoms with van der Waals surface area (Å²) in [5.74, 6) is 0.502. The number of anilines is 1. The van der Waals surface area contributed by atoms with E-state index in [0.29, 0.717) is 17.7 Å². The smallest absolute Gasteiger partial charge is 0.273 e. The number of aryl methyl sites for hydroxylation is 1. The molecule has 0 aliphatic heterocycles. The van der Waals surface area contributed by atoms with Gasteiger partial charge < -0.3 is 5.32 Å². The van der Waals surface area contributed by atoms with Gasteiger partial charge in [-0.3, -0.25) is 9.78 Å². The maximum atomic E-state index is 11.4. The van der Waals surface area contributed by atoms with Crippen molar-refractivity contribution in [3.63, 3.8) is 0 Å². The molecule has 5 heteroatoms. The van der Waals surface area contributed by atoms with Crippen LogP contribution in [0.15, 0.2) is 4.79 Å². The van der Waals surface area contributed by atoms with Crippen LogP contribution in [0.25, 0.3) is 0 Å². The van der Waals surface area contributed by atoms with Gasteiger partial charge in [-0.25, -0.2) is 0 Å². The third kappa shape index (κ3) is 2.81. The quantitative estimate of drug-likeness (QED) is 0.746. The molecule has 0 spiro atoms. The SMILES string of the molecule is Cc1nnc(NC2CCCCCC2)[nH]c1=O. The van der Waals surface area contributed by atoms with E-state index in [9.17, 15) is 4.79 Å². The van der Waals surface area contributed by atoms with Crippen molar-refractivity contribution in [2.45, 2.75) is 51.5 Å². The molecule has 0 bridgehead atoms. The topological polar surface area (TPSA) is 70.7 Å². The third-order valence-electron chi connectivity index (χ3n) is 3.06. The second kappa shape index (κ2) is 5.09. The molecule has 1 aliphatic rings. The van der Waals surface area contributed by atoms with Gasteiger partial charge in [-0.1, -0.05) is 25.7 Å². The highest BCUT2D eigenvalue weighted by Crippen LogP contribution is 2.19. The van der Waals surface area contributed by atoms with Gasteiger partial charge in [-0.2, -0.15) is 0 Å². The van der Waals surface area contributed by atoms with Gasteiger partial charge in [0.2, 0.25) is 5.95 Å². The third-order valence-corrected chi connectivity index (χ3v) is 3.06. The molecule has 0 amide bonds. The van der Waals surface area contributed by atoms with Crippen molar-refractivity contribution in [1.82, 2.24) is 15.2 Å². The molecule has 0 atom stereocenters. The van der Waals surface area contributed by atoms with Gasteiger partial charge >= 0.3 is 0 Å². The highest BCUT2D eigenvalue weighted by atomic mass is 16.1. The number of rotatable bonds is 2. The Balaban J connectivity index is 2.02. The zero-order valence-corrected chi connectivity index (χ0v) is 9.62. The van der Waals surface area contributed by atoms with Crippen molar-refractivity contribution >= 4 is 5.95 Å². The summed E-state index contributed by atoms with van der Waals surface area (Å²) in [6.07, 6.45) is 7.43. The van der Waals surface area contributed by atoms with E-state index in [4.69, 9.17) is 0 Å². The Kier molecular flexibility index (Phi) is 3.54. The first kappa shape index (κ1) is 11.1. The summed E-state index contributed by atoms with van der Waals surface area (Å²) in [6.45, 7) is 1.65. The van der Waals surface area contributed by atoms with Crippen molar-refractivity contribution in [3.8, 4) is 0 Å². The molecule has 88 valence electrons. The first-order chi connectivity index (χ1) is 7.75. The van der Waals surface area contributed by atoms with Crippen molar-refractivity contribution in [1.29, 1.82) is 0 Å². The second-order valence-corrected chi connectivity index (χ2v) is 4.42. The summed E-state index contributed by atoms with van der Waals surface area (Å²) in [7, 11) is 0. The summed E-state index contributed by atoms with van der Waals surface area (Å²) >= 11 is 0. The molecule has 1 aromatic heterocycles. The molecule has 0 saturated heterocycles. The van der Waals surface area contributed by atoms with E-state index in [1.54, 1.807) is 6.92 Å². The normalized spacial score (nSPS) is 18.1. The Hall–Kier alpha value is -1.39. The number of H-pyrrole nitrogens is 1. The lowest BCUT2D eigenvalue weighted by Crippen LogP contribution is -2.24. The average Bonchev–Trinajstić information content (AvgIpc) is 2.52. The zero-order chi connectivity index (χ0) is 11.4. The number of aromatic nitrogens is 3. The summed E-state index contributed by atoms with van der Waals surface area (Å²) in [5, 5.41) is 11.0. The zero-order valence-electron chi connectivity index (χ0n) is 9.62. The summed E-state index contributed by atoms with van der Waals surface area (Å²) in [6, 6.07) is 0.426. The molecule has 1 aliphatic carbocycles. The van der Waals surface area contributed by atoms with Crippen molar-refractivity contribution in [2.24, 2.45) is 0 Å². The highest BCUT2D eigenvalue weighted by molar-refractivity contribution is 5.23. The monoisotopic (exact) mass is 222 g/mol. The summed E-state index contributed by atoms with van der Waals surface area (Å²) in [5.41, 5.74) is 0.248. The molecular formula is C11H18N4O. The summed E-state index contributed by atoms with van der Waals surface area (Å²) in [4.78, 5) is 14.1. The fourth-order valence-corrected chi connectivity index (χ4v) is 2.08. The molecule has 1 aromatic rings. The number of hydrogen-bond acceptors (Lipinski definition) is 4. The average molecular weight is 222 g/mol. The number of nitrogens with zero attached hydrogens (tertiary/aromatic N) is 2. The minimum absolute atomic E-state index is 0.161. The number of hydrogen-bond donors (Lipinski definition) is 2. The van der Waals surface area contributed by atoms with Crippen LogP contribution in [0.3, 0.4) is 0 Å². The van der Waals surface area contributed by atoms with Crippen LogP contribution < -0.4 is 10.9 Å². The predicted molar refractivity (Wildman–Crippen MR) is 62.5 cm³/mol. The largest absolute Gasteiger partial charge is 0.352 e. The van der Waals surface area contributed by atoms with Gasteiger partial charge in [0.05, 0.1) is 0 Å². The molecule has 1 saturated carbocycles. The van der Waals surface area contributed by atoms with Crippen LogP contribution in [0.2, 0.25) is 0 Å². The van der Waals surface area contributed by atoms with Crippen molar-refractivity contribution < 1.29 is 0 Å². The molecule has 0 unspecified atom stereocenters. The molecule has 2 N–H and O–H groups in total. The molecule has 1 heterocycles. The van der Waals surface area contributed by atoms with Crippen molar-refractivity contribution in [2.75, 3.05) is 5.32 Å². The maximum absolute atomic E-state index is 11.4. The van der Waals surface area contributed by atoms with Gasteiger partial charge in [0.15, 0.2) is 0 Å². The molecule has 2 rings (SSSR count). The van der Waals surface area contributed by atoms with Crippen molar-refractivity contribution in [3.05, 3.63) is 16.0 Å². The minimum atomic E-state index is -0.161. The fourth-order valence-electron chi connectivity index (χ4n) is 2.08. The Morgan fingerprint density at radius 3 is 2.50 bits per heavy atom. The Bertz CT molecular complexity index is 393. The van der Waals surface area contributed by atoms with E-state index in [-0.39, 0.29) is 5.56 Å². The van der Waals surface area contributed by atoms with Crippen LogP contribution in [-0.2, 0) is 0 Å². The number of nitrogens with one attached hydrogen (secondary N) is 2. The van der Waals surface area contributed by atoms with Crippen LogP contribution in [0, 0.1) is 6.92 Å². The highest BCUT2D eigenvalue weighted by Gasteiger charge is 2.13. The first-order valence-corrected chi connectivity index (χ1v) is 5.96. The lowest BCUT2D eigenvalue weighted by Gasteiger charge is -2.15. The van der Waals surface area contributed by atoms with Gasteiger partial charge in [-0.15, -0.1) is 10.2 Å². The molecule has 5 nitrogen and oxygen atoms in total. The van der Waals surface area contributed by atoms with Crippen LogP contribution in [0.4, 0.5) is 5.95 Å².